The molecule has 0 aromatic heterocycles. The summed E-state index contributed by atoms with van der Waals surface area (Å²) in [6.07, 6.45) is 3.19. The normalized spacial score (nSPS) is 10.2. The minimum atomic E-state index is -2.07. The summed E-state index contributed by atoms with van der Waals surface area (Å²) in [5.41, 5.74) is 0. The van der Waals surface area contributed by atoms with Crippen LogP contribution in [0.1, 0.15) is 27.7 Å². The molecule has 0 saturated heterocycles. The molecule has 2 nitrogen and oxygen atoms in total. The van der Waals surface area contributed by atoms with Crippen molar-refractivity contribution < 1.29 is 9.13 Å². The maximum absolute atomic E-state index is 12.2. The van der Waals surface area contributed by atoms with E-state index in [0.29, 0.717) is 0 Å². The molecule has 0 unspecified atom stereocenters. The van der Waals surface area contributed by atoms with Crippen molar-refractivity contribution >= 4 is 74.7 Å². The molecule has 0 atom stereocenters. The molecule has 0 saturated carbocycles. The molecule has 0 aliphatic rings. The van der Waals surface area contributed by atoms with Gasteiger partial charge in [0.05, 0.1) is 0 Å². The molecule has 0 aliphatic heterocycles. The van der Waals surface area contributed by atoms with E-state index in [1.807, 2.05) is 64.1 Å². The Kier molecular flexibility index (Phi) is 15.6. The Balaban J connectivity index is 0.000000413. The lowest BCUT2D eigenvalue weighted by Crippen LogP contribution is -2.07. The molecule has 7 heteroatoms. The van der Waals surface area contributed by atoms with Crippen molar-refractivity contribution in [2.45, 2.75) is 27.7 Å². The second kappa shape index (κ2) is 15.3. The van der Waals surface area contributed by atoms with E-state index in [-0.39, 0.29) is 0 Å². The minimum Gasteiger partial charge on any atom is -0.319 e. The molecule has 27 heavy (non-hydrogen) atoms. The average Bonchev–Trinajstić information content (AvgIpc) is 2.70. The Labute approximate surface area is 195 Å². The molecule has 0 fully saturated rings. The van der Waals surface area contributed by atoms with Crippen LogP contribution in [0.15, 0.2) is 57.5 Å². The first-order chi connectivity index (χ1) is 12.7. The predicted molar refractivity (Wildman–Crippen MR) is 138 cm³/mol. The zero-order chi connectivity index (χ0) is 20.9. The molecule has 2 aromatic carbocycles. The Morgan fingerprint density at radius 1 is 0.815 bits per heavy atom. The van der Waals surface area contributed by atoms with Crippen LogP contribution in [0, 0.1) is 3.57 Å². The van der Waals surface area contributed by atoms with Crippen LogP contribution in [0.25, 0.3) is 0 Å². The van der Waals surface area contributed by atoms with Gasteiger partial charge in [-0.15, -0.1) is 0 Å². The van der Waals surface area contributed by atoms with Gasteiger partial charge in [-0.2, -0.15) is 0 Å². The number of benzene rings is 2. The Bertz CT molecular complexity index is 685. The van der Waals surface area contributed by atoms with E-state index in [4.69, 9.17) is 0 Å². The van der Waals surface area contributed by atoms with Crippen LogP contribution in [-0.4, -0.2) is 24.6 Å². The Morgan fingerprint density at radius 2 is 1.19 bits per heavy atom. The fourth-order valence-electron chi connectivity index (χ4n) is 1.95. The lowest BCUT2D eigenvalue weighted by atomic mass is 10.4. The monoisotopic (exact) mass is 647 g/mol. The highest BCUT2D eigenvalue weighted by molar-refractivity contribution is 14.1. The predicted octanol–water partition coefficient (Wildman–Crippen LogP) is 8.38. The van der Waals surface area contributed by atoms with E-state index >= 15 is 0 Å². The van der Waals surface area contributed by atoms with E-state index in [1.54, 1.807) is 0 Å². The van der Waals surface area contributed by atoms with Crippen molar-refractivity contribution in [3.63, 3.8) is 0 Å². The second-order valence-electron chi connectivity index (χ2n) is 5.55. The summed E-state index contributed by atoms with van der Waals surface area (Å²) in [7, 11) is -2.90. The standard InChI is InChI=1S/C10H14BrOP.C6H4BrI.C4H10OP/c1-3-13(12,4-2)10-7-5-9(11)6-8-10;7-5-1-3-6(8)4-2-5;1-3-6(5)4-2/h5-8H,3-4H2,1-2H3;1-4H;3-4H2,1-2H3/q;;+1. The summed E-state index contributed by atoms with van der Waals surface area (Å²) in [5.74, 6) is 0. The third-order valence-corrected chi connectivity index (χ3v) is 10.3. The molecule has 2 aromatic rings. The lowest BCUT2D eigenvalue weighted by molar-refractivity contribution is 0.582. The van der Waals surface area contributed by atoms with Crippen molar-refractivity contribution in [3.8, 4) is 0 Å². The van der Waals surface area contributed by atoms with Crippen molar-refractivity contribution in [3.05, 3.63) is 61.0 Å². The van der Waals surface area contributed by atoms with Crippen LogP contribution in [0.4, 0.5) is 0 Å². The van der Waals surface area contributed by atoms with Crippen LogP contribution in [0.3, 0.4) is 0 Å². The summed E-state index contributed by atoms with van der Waals surface area (Å²) in [4.78, 5) is 0. The van der Waals surface area contributed by atoms with Gasteiger partial charge >= 0.3 is 7.80 Å². The van der Waals surface area contributed by atoms with Gasteiger partial charge in [-0.25, -0.2) is 0 Å². The van der Waals surface area contributed by atoms with Crippen molar-refractivity contribution in [2.75, 3.05) is 24.6 Å². The number of hydrogen-bond acceptors (Lipinski definition) is 2. The van der Waals surface area contributed by atoms with Crippen molar-refractivity contribution in [1.29, 1.82) is 0 Å². The minimum absolute atomic E-state index is 0.755. The maximum atomic E-state index is 12.2. The Morgan fingerprint density at radius 3 is 1.44 bits per heavy atom. The quantitative estimate of drug-likeness (QED) is 0.241. The van der Waals surface area contributed by atoms with Gasteiger partial charge in [-0.1, -0.05) is 62.4 Å². The molecule has 0 aliphatic carbocycles. The summed E-state index contributed by atoms with van der Waals surface area (Å²) < 4.78 is 26.0. The third-order valence-electron chi connectivity index (χ3n) is 3.83. The van der Waals surface area contributed by atoms with Gasteiger partial charge < -0.3 is 4.57 Å². The number of hydrogen-bond donors (Lipinski definition) is 0. The van der Waals surface area contributed by atoms with Crippen LogP contribution in [-0.2, 0) is 9.13 Å². The highest BCUT2D eigenvalue weighted by atomic mass is 127. The van der Waals surface area contributed by atoms with E-state index in [2.05, 4.69) is 66.6 Å². The molecule has 0 N–H and O–H groups in total. The lowest BCUT2D eigenvalue weighted by Gasteiger charge is -2.14. The zero-order valence-corrected chi connectivity index (χ0v) is 23.4. The zero-order valence-electron chi connectivity index (χ0n) is 16.3. The molecule has 0 spiro atoms. The first-order valence-electron chi connectivity index (χ1n) is 8.89. The second-order valence-corrected chi connectivity index (χ2v) is 14.4. The molecule has 150 valence electrons. The summed E-state index contributed by atoms with van der Waals surface area (Å²) in [6.45, 7) is 7.88. The third kappa shape index (κ3) is 11.9. The molecular formula is C20H28Br2IO2P2+. The van der Waals surface area contributed by atoms with E-state index in [1.165, 1.54) is 3.57 Å². The van der Waals surface area contributed by atoms with E-state index in [0.717, 1.165) is 38.9 Å². The molecule has 2 rings (SSSR count). The SMILES string of the molecule is Brc1ccc(I)cc1.CCP(=O)(CC)c1ccc(Br)cc1.CC[P+](=O)CC. The van der Waals surface area contributed by atoms with Crippen LogP contribution in [0.2, 0.25) is 0 Å². The van der Waals surface area contributed by atoms with Gasteiger partial charge in [0.15, 0.2) is 0 Å². The fourth-order valence-corrected chi connectivity index (χ4v) is 5.16. The number of halogens is 3. The molecule has 0 amide bonds. The van der Waals surface area contributed by atoms with E-state index in [9.17, 15) is 9.13 Å². The van der Waals surface area contributed by atoms with Gasteiger partial charge in [0.25, 0.3) is 0 Å². The van der Waals surface area contributed by atoms with Gasteiger partial charge in [-0.05, 0) is 72.8 Å². The van der Waals surface area contributed by atoms with Gasteiger partial charge in [0, 0.05) is 30.1 Å². The smallest absolute Gasteiger partial charge is 0.319 e. The highest BCUT2D eigenvalue weighted by Gasteiger charge is 2.19. The first kappa shape index (κ1) is 27.5. The largest absolute Gasteiger partial charge is 0.338 e. The molecule has 0 radical (unpaired) electrons. The van der Waals surface area contributed by atoms with Crippen LogP contribution in [0.5, 0.6) is 0 Å². The maximum Gasteiger partial charge on any atom is 0.338 e. The van der Waals surface area contributed by atoms with Crippen LogP contribution < -0.4 is 5.30 Å². The molecule has 0 bridgehead atoms. The van der Waals surface area contributed by atoms with Crippen molar-refractivity contribution in [2.24, 2.45) is 0 Å². The van der Waals surface area contributed by atoms with E-state index < -0.39 is 14.9 Å². The average molecular weight is 649 g/mol. The first-order valence-corrected chi connectivity index (χ1v) is 15.3. The summed E-state index contributed by atoms with van der Waals surface area (Å²) in [5, 5.41) is 1.00. The van der Waals surface area contributed by atoms with Crippen molar-refractivity contribution in [1.82, 2.24) is 0 Å². The highest BCUT2D eigenvalue weighted by Crippen LogP contribution is 2.43. The topological polar surface area (TPSA) is 34.1 Å². The van der Waals surface area contributed by atoms with Crippen LogP contribution >= 0.6 is 69.4 Å². The fraction of sp³-hybridized carbons (Fsp3) is 0.400. The number of rotatable bonds is 5. The Hall–Kier alpha value is 0.460. The molecule has 0 heterocycles. The molecular weight excluding hydrogens is 621 g/mol. The summed E-state index contributed by atoms with van der Waals surface area (Å²) >= 11 is 8.98. The van der Waals surface area contributed by atoms with Gasteiger partial charge in [0.1, 0.15) is 19.5 Å². The van der Waals surface area contributed by atoms with Gasteiger partial charge in [0.2, 0.25) is 0 Å². The van der Waals surface area contributed by atoms with Gasteiger partial charge in [-0.3, -0.25) is 0 Å². The summed E-state index contributed by atoms with van der Waals surface area (Å²) in [6, 6.07) is 16.0.